The van der Waals surface area contributed by atoms with Crippen LogP contribution in [0.5, 0.6) is 0 Å². The minimum atomic E-state index is -0.536. The van der Waals surface area contributed by atoms with E-state index in [-0.39, 0.29) is 10.4 Å². The van der Waals surface area contributed by atoms with Crippen molar-refractivity contribution in [2.75, 3.05) is 12.8 Å². The first-order valence-electron chi connectivity index (χ1n) is 7.73. The number of nitrogen functional groups attached to an aromatic ring is 1. The third kappa shape index (κ3) is 2.30. The largest absolute Gasteiger partial charge is 0.465 e. The molecule has 7 heteroatoms. The lowest BCUT2D eigenvalue weighted by molar-refractivity contribution is 0.0607. The number of esters is 1. The number of para-hydroxylation sites is 1. The number of hydrogen-bond acceptors (Lipinski definition) is 5. The second-order valence-electron chi connectivity index (χ2n) is 5.65. The summed E-state index contributed by atoms with van der Waals surface area (Å²) in [4.78, 5) is 26.2. The number of hydrogen-bond donors (Lipinski definition) is 1. The van der Waals surface area contributed by atoms with Crippen molar-refractivity contribution in [2.45, 2.75) is 0 Å². The van der Waals surface area contributed by atoms with E-state index in [4.69, 9.17) is 22.1 Å². The number of methoxy groups -OCH3 is 1. The molecule has 0 amide bonds. The number of halogens is 1. The number of carbonyl (C=O) groups excluding carboxylic acids is 1. The monoisotopic (exact) mass is 384 g/mol. The van der Waals surface area contributed by atoms with Crippen molar-refractivity contribution < 1.29 is 9.53 Å². The van der Waals surface area contributed by atoms with E-state index < -0.39 is 5.97 Å². The fourth-order valence-electron chi connectivity index (χ4n) is 3.05. The summed E-state index contributed by atoms with van der Waals surface area (Å²) < 4.78 is 6.34. The molecule has 130 valence electrons. The Bertz CT molecular complexity index is 1240. The number of ether oxygens (including phenoxy) is 1. The lowest BCUT2D eigenvalue weighted by Crippen LogP contribution is -2.18. The quantitative estimate of drug-likeness (QED) is 0.525. The normalized spacial score (nSPS) is 11.2. The summed E-state index contributed by atoms with van der Waals surface area (Å²) in [6.07, 6.45) is 0. The summed E-state index contributed by atoms with van der Waals surface area (Å²) in [5.41, 5.74) is 6.89. The van der Waals surface area contributed by atoms with E-state index >= 15 is 0 Å². The molecular formula is C19H13ClN2O3S. The SMILES string of the molecule is COC(=O)c1sc2c(c1N)c1ccccc1c(=O)n2-c1ccccc1Cl. The smallest absolute Gasteiger partial charge is 0.350 e. The van der Waals surface area contributed by atoms with Crippen LogP contribution in [-0.2, 0) is 4.74 Å². The third-order valence-electron chi connectivity index (χ3n) is 4.22. The van der Waals surface area contributed by atoms with Gasteiger partial charge in [0.1, 0.15) is 9.71 Å². The van der Waals surface area contributed by atoms with Gasteiger partial charge in [0.15, 0.2) is 0 Å². The Morgan fingerprint density at radius 1 is 1.12 bits per heavy atom. The summed E-state index contributed by atoms with van der Waals surface area (Å²) in [7, 11) is 1.30. The van der Waals surface area contributed by atoms with Gasteiger partial charge in [0.25, 0.3) is 5.56 Å². The second-order valence-corrected chi connectivity index (χ2v) is 7.06. The summed E-state index contributed by atoms with van der Waals surface area (Å²) in [6, 6.07) is 14.2. The minimum Gasteiger partial charge on any atom is -0.465 e. The van der Waals surface area contributed by atoms with Crippen LogP contribution in [0.1, 0.15) is 9.67 Å². The van der Waals surface area contributed by atoms with Gasteiger partial charge >= 0.3 is 5.97 Å². The summed E-state index contributed by atoms with van der Waals surface area (Å²) in [5.74, 6) is -0.536. The molecule has 4 rings (SSSR count). The zero-order valence-corrected chi connectivity index (χ0v) is 15.2. The van der Waals surface area contributed by atoms with Gasteiger partial charge in [-0.2, -0.15) is 0 Å². The molecule has 0 saturated heterocycles. The Kier molecular flexibility index (Phi) is 3.94. The maximum Gasteiger partial charge on any atom is 0.350 e. The lowest BCUT2D eigenvalue weighted by Gasteiger charge is -2.11. The molecule has 0 atom stereocenters. The third-order valence-corrected chi connectivity index (χ3v) is 5.71. The van der Waals surface area contributed by atoms with Gasteiger partial charge in [-0.05, 0) is 23.6 Å². The van der Waals surface area contributed by atoms with Gasteiger partial charge in [-0.3, -0.25) is 9.36 Å². The van der Waals surface area contributed by atoms with Crippen molar-refractivity contribution in [3.63, 3.8) is 0 Å². The van der Waals surface area contributed by atoms with Crippen molar-refractivity contribution in [3.8, 4) is 5.69 Å². The van der Waals surface area contributed by atoms with Gasteiger partial charge in [-0.1, -0.05) is 41.9 Å². The van der Waals surface area contributed by atoms with Crippen LogP contribution in [0.4, 0.5) is 5.69 Å². The average Bonchev–Trinajstić information content (AvgIpc) is 3.00. The van der Waals surface area contributed by atoms with E-state index in [1.807, 2.05) is 12.1 Å². The molecule has 0 saturated carbocycles. The Morgan fingerprint density at radius 3 is 2.46 bits per heavy atom. The number of thiophene rings is 1. The molecule has 4 aromatic rings. The van der Waals surface area contributed by atoms with E-state index in [1.54, 1.807) is 36.4 Å². The van der Waals surface area contributed by atoms with E-state index in [0.29, 0.717) is 37.4 Å². The molecule has 2 aromatic carbocycles. The number of anilines is 1. The highest BCUT2D eigenvalue weighted by Gasteiger charge is 2.23. The Balaban J connectivity index is 2.27. The Morgan fingerprint density at radius 2 is 1.77 bits per heavy atom. The highest BCUT2D eigenvalue weighted by molar-refractivity contribution is 7.21. The van der Waals surface area contributed by atoms with Gasteiger partial charge in [-0.15, -0.1) is 11.3 Å². The maximum atomic E-state index is 13.2. The number of pyridine rings is 1. The van der Waals surface area contributed by atoms with E-state index in [1.165, 1.54) is 11.7 Å². The van der Waals surface area contributed by atoms with Crippen molar-refractivity contribution in [3.05, 3.63) is 68.8 Å². The molecule has 0 aliphatic rings. The molecular weight excluding hydrogens is 372 g/mol. The lowest BCUT2D eigenvalue weighted by atomic mass is 10.1. The molecule has 5 nitrogen and oxygen atoms in total. The zero-order chi connectivity index (χ0) is 18.4. The van der Waals surface area contributed by atoms with Crippen LogP contribution in [-0.4, -0.2) is 17.6 Å². The van der Waals surface area contributed by atoms with Crippen molar-refractivity contribution in [2.24, 2.45) is 0 Å². The standard InChI is InChI=1S/C19H13ClN2O3S/c1-25-19(24)16-15(21)14-10-6-2-3-7-11(10)17(23)22(18(14)26-16)13-9-5-4-8-12(13)20/h2-9H,21H2,1H3. The highest BCUT2D eigenvalue weighted by Crippen LogP contribution is 2.39. The van der Waals surface area contributed by atoms with E-state index in [9.17, 15) is 9.59 Å². The van der Waals surface area contributed by atoms with Crippen LogP contribution in [0.25, 0.3) is 26.7 Å². The van der Waals surface area contributed by atoms with Gasteiger partial charge in [0, 0.05) is 10.8 Å². The predicted octanol–water partition coefficient (Wildman–Crippen LogP) is 4.23. The molecule has 0 spiro atoms. The number of nitrogens with zero attached hydrogens (tertiary/aromatic N) is 1. The van der Waals surface area contributed by atoms with Gasteiger partial charge < -0.3 is 10.5 Å². The molecule has 0 unspecified atom stereocenters. The first kappa shape index (κ1) is 16.6. The number of fused-ring (bicyclic) bond motifs is 3. The van der Waals surface area contributed by atoms with Crippen molar-refractivity contribution in [1.82, 2.24) is 4.57 Å². The van der Waals surface area contributed by atoms with Crippen LogP contribution in [0.15, 0.2) is 53.3 Å². The van der Waals surface area contributed by atoms with Crippen LogP contribution in [0, 0.1) is 0 Å². The maximum absolute atomic E-state index is 13.2. The molecule has 0 fully saturated rings. The molecule has 0 aliphatic carbocycles. The average molecular weight is 385 g/mol. The van der Waals surface area contributed by atoms with Gasteiger partial charge in [0.2, 0.25) is 0 Å². The molecule has 0 aliphatic heterocycles. The zero-order valence-electron chi connectivity index (χ0n) is 13.7. The van der Waals surface area contributed by atoms with Gasteiger partial charge in [0.05, 0.1) is 23.5 Å². The number of rotatable bonds is 2. The molecule has 2 N–H and O–H groups in total. The second kappa shape index (κ2) is 6.16. The van der Waals surface area contributed by atoms with Crippen LogP contribution in [0.2, 0.25) is 5.02 Å². The molecule has 0 radical (unpaired) electrons. The first-order valence-corrected chi connectivity index (χ1v) is 8.93. The van der Waals surface area contributed by atoms with Crippen LogP contribution in [0.3, 0.4) is 0 Å². The minimum absolute atomic E-state index is 0.223. The first-order chi connectivity index (χ1) is 12.5. The van der Waals surface area contributed by atoms with E-state index in [2.05, 4.69) is 0 Å². The number of aromatic nitrogens is 1. The van der Waals surface area contributed by atoms with Crippen molar-refractivity contribution in [1.29, 1.82) is 0 Å². The molecule has 2 aromatic heterocycles. The summed E-state index contributed by atoms with van der Waals surface area (Å²) >= 11 is 7.46. The highest BCUT2D eigenvalue weighted by atomic mass is 35.5. The number of carbonyl (C=O) groups is 1. The molecule has 26 heavy (non-hydrogen) atoms. The van der Waals surface area contributed by atoms with Crippen LogP contribution >= 0.6 is 22.9 Å². The number of benzene rings is 2. The van der Waals surface area contributed by atoms with Gasteiger partial charge in [-0.25, -0.2) is 4.79 Å². The molecule has 2 heterocycles. The Hall–Kier alpha value is -2.83. The topological polar surface area (TPSA) is 74.3 Å². The summed E-state index contributed by atoms with van der Waals surface area (Å²) in [6.45, 7) is 0. The van der Waals surface area contributed by atoms with Crippen LogP contribution < -0.4 is 11.3 Å². The van der Waals surface area contributed by atoms with Crippen molar-refractivity contribution >= 4 is 55.6 Å². The fraction of sp³-hybridized carbons (Fsp3) is 0.0526. The number of nitrogens with two attached hydrogens (primary N) is 1. The Labute approximate surface area is 157 Å². The molecule has 0 bridgehead atoms. The summed E-state index contributed by atoms with van der Waals surface area (Å²) in [5, 5.41) is 2.27. The van der Waals surface area contributed by atoms with E-state index in [0.717, 1.165) is 11.3 Å². The fourth-order valence-corrected chi connectivity index (χ4v) is 4.43. The predicted molar refractivity (Wildman–Crippen MR) is 106 cm³/mol.